The van der Waals surface area contributed by atoms with Crippen LogP contribution >= 0.6 is 23.2 Å². The predicted molar refractivity (Wildman–Crippen MR) is 126 cm³/mol. The maximum Gasteiger partial charge on any atom is 0.336 e. The average Bonchev–Trinajstić information content (AvgIpc) is 2.72. The molecular formula is C23H19Cl2N3O6. The first kappa shape index (κ1) is 24.9. The van der Waals surface area contributed by atoms with E-state index in [0.717, 1.165) is 0 Å². The highest BCUT2D eigenvalue weighted by Gasteiger charge is 2.23. The van der Waals surface area contributed by atoms with Crippen LogP contribution in [0.2, 0.25) is 10.0 Å². The minimum absolute atomic E-state index is 0.0682. The zero-order chi connectivity index (χ0) is 25.0. The van der Waals surface area contributed by atoms with Crippen LogP contribution < -0.4 is 16.3 Å². The van der Waals surface area contributed by atoms with Gasteiger partial charge in [-0.05, 0) is 37.1 Å². The summed E-state index contributed by atoms with van der Waals surface area (Å²) < 4.78 is 4.99. The Morgan fingerprint density at radius 3 is 2.21 bits per heavy atom. The van der Waals surface area contributed by atoms with Gasteiger partial charge in [0.2, 0.25) is 0 Å². The number of aryl methyl sites for hydroxylation is 2. The van der Waals surface area contributed by atoms with E-state index in [-0.39, 0.29) is 26.9 Å². The van der Waals surface area contributed by atoms with Gasteiger partial charge in [-0.25, -0.2) is 4.79 Å². The third-order valence-corrected chi connectivity index (χ3v) is 5.47. The fraction of sp³-hybridized carbons (Fsp3) is 0.174. The Kier molecular flexibility index (Phi) is 7.70. The number of halogens is 2. The third kappa shape index (κ3) is 5.81. The van der Waals surface area contributed by atoms with E-state index < -0.39 is 35.9 Å². The van der Waals surface area contributed by atoms with Crippen molar-refractivity contribution in [1.82, 2.24) is 10.3 Å². The lowest BCUT2D eigenvalue weighted by Crippen LogP contribution is -2.31. The van der Waals surface area contributed by atoms with Crippen molar-refractivity contribution in [3.63, 3.8) is 0 Å². The van der Waals surface area contributed by atoms with E-state index in [1.165, 1.54) is 25.4 Å². The fourth-order valence-corrected chi connectivity index (χ4v) is 3.91. The molecule has 2 amide bonds. The molecular weight excluding hydrogens is 485 g/mol. The van der Waals surface area contributed by atoms with Gasteiger partial charge in [-0.3, -0.25) is 19.4 Å². The molecule has 0 spiro atoms. The smallest absolute Gasteiger partial charge is 0.336 e. The number of aliphatic carboxylic acids is 1. The van der Waals surface area contributed by atoms with Gasteiger partial charge in [0.1, 0.15) is 5.76 Å². The summed E-state index contributed by atoms with van der Waals surface area (Å²) in [6.45, 7) is 3.07. The Labute approximate surface area is 203 Å². The van der Waals surface area contributed by atoms with Crippen LogP contribution in [0.15, 0.2) is 51.9 Å². The van der Waals surface area contributed by atoms with Gasteiger partial charge in [-0.15, -0.1) is 0 Å². The van der Waals surface area contributed by atoms with E-state index in [2.05, 4.69) is 15.6 Å². The maximum atomic E-state index is 12.8. The predicted octanol–water partition coefficient (Wildman–Crippen LogP) is 4.16. The number of carbonyl (C=O) groups excluding carboxylic acids is 2. The molecule has 3 aromatic rings. The lowest BCUT2D eigenvalue weighted by atomic mass is 10.0. The minimum atomic E-state index is -1.13. The number of benzene rings is 1. The quantitative estimate of drug-likeness (QED) is 0.439. The highest BCUT2D eigenvalue weighted by atomic mass is 35.5. The largest absolute Gasteiger partial charge is 0.481 e. The van der Waals surface area contributed by atoms with E-state index in [9.17, 15) is 24.3 Å². The molecule has 2 aromatic heterocycles. The SMILES string of the molecule is Cc1cc(=O)oc(C)c1C(=O)NC(CC(=O)O)c1ccc(NC(=O)c2c(Cl)cncc2Cl)cc1. The van der Waals surface area contributed by atoms with Crippen LogP contribution in [0.4, 0.5) is 5.69 Å². The normalized spacial score (nSPS) is 11.5. The molecule has 0 aliphatic rings. The van der Waals surface area contributed by atoms with Gasteiger partial charge in [0, 0.05) is 24.1 Å². The van der Waals surface area contributed by atoms with Crippen molar-refractivity contribution >= 4 is 46.7 Å². The van der Waals surface area contributed by atoms with Gasteiger partial charge in [0.05, 0.1) is 33.6 Å². The van der Waals surface area contributed by atoms with Gasteiger partial charge in [0.15, 0.2) is 0 Å². The third-order valence-electron chi connectivity index (χ3n) is 4.90. The lowest BCUT2D eigenvalue weighted by Gasteiger charge is -2.19. The molecule has 0 aliphatic carbocycles. The number of carboxylic acid groups (broad SMARTS) is 1. The number of anilines is 1. The average molecular weight is 504 g/mol. The van der Waals surface area contributed by atoms with E-state index >= 15 is 0 Å². The molecule has 11 heteroatoms. The molecule has 0 saturated heterocycles. The van der Waals surface area contributed by atoms with Crippen LogP contribution in [0.5, 0.6) is 0 Å². The zero-order valence-electron chi connectivity index (χ0n) is 18.0. The number of carboxylic acids is 1. The van der Waals surface area contributed by atoms with Crippen LogP contribution in [-0.2, 0) is 4.79 Å². The summed E-state index contributed by atoms with van der Waals surface area (Å²) in [5.41, 5.74) is 0.937. The van der Waals surface area contributed by atoms with E-state index in [4.69, 9.17) is 27.6 Å². The molecule has 3 N–H and O–H groups in total. The summed E-state index contributed by atoms with van der Waals surface area (Å²) in [5.74, 6) is -2.12. The fourth-order valence-electron chi connectivity index (χ4n) is 3.37. The maximum absolute atomic E-state index is 12.8. The van der Waals surface area contributed by atoms with Crippen LogP contribution in [0.1, 0.15) is 50.1 Å². The van der Waals surface area contributed by atoms with Gasteiger partial charge in [-0.2, -0.15) is 0 Å². The summed E-state index contributed by atoms with van der Waals surface area (Å²) in [6.07, 6.45) is 2.20. The first-order valence-corrected chi connectivity index (χ1v) is 10.7. The molecule has 1 atom stereocenters. The molecule has 2 heterocycles. The molecule has 0 radical (unpaired) electrons. The monoisotopic (exact) mass is 503 g/mol. The number of aromatic nitrogens is 1. The number of amides is 2. The van der Waals surface area contributed by atoms with Crippen LogP contribution in [0.25, 0.3) is 0 Å². The Balaban J connectivity index is 1.81. The van der Waals surface area contributed by atoms with Crippen molar-refractivity contribution < 1.29 is 23.9 Å². The topological polar surface area (TPSA) is 139 Å². The summed E-state index contributed by atoms with van der Waals surface area (Å²) >= 11 is 12.0. The molecule has 34 heavy (non-hydrogen) atoms. The number of nitrogens with zero attached hydrogens (tertiary/aromatic N) is 1. The molecule has 1 aromatic carbocycles. The first-order chi connectivity index (χ1) is 16.1. The van der Waals surface area contributed by atoms with Gasteiger partial charge in [-0.1, -0.05) is 35.3 Å². The lowest BCUT2D eigenvalue weighted by molar-refractivity contribution is -0.137. The van der Waals surface area contributed by atoms with Crippen LogP contribution in [-0.4, -0.2) is 27.9 Å². The Morgan fingerprint density at radius 1 is 1.03 bits per heavy atom. The molecule has 0 fully saturated rings. The van der Waals surface area contributed by atoms with Gasteiger partial charge >= 0.3 is 11.6 Å². The molecule has 3 rings (SSSR count). The second-order valence-corrected chi connectivity index (χ2v) is 8.17. The van der Waals surface area contributed by atoms with Crippen molar-refractivity contribution in [3.05, 3.63) is 91.2 Å². The molecule has 0 saturated carbocycles. The molecule has 176 valence electrons. The molecule has 1 unspecified atom stereocenters. The second kappa shape index (κ2) is 10.5. The molecule has 0 aliphatic heterocycles. The van der Waals surface area contributed by atoms with Crippen LogP contribution in [0, 0.1) is 13.8 Å². The van der Waals surface area contributed by atoms with Crippen molar-refractivity contribution in [2.24, 2.45) is 0 Å². The van der Waals surface area contributed by atoms with E-state index in [1.54, 1.807) is 31.2 Å². The summed E-state index contributed by atoms with van der Waals surface area (Å²) in [7, 11) is 0. The number of pyridine rings is 1. The minimum Gasteiger partial charge on any atom is -0.481 e. The number of nitrogens with one attached hydrogen (secondary N) is 2. The Bertz CT molecular complexity index is 1270. The van der Waals surface area contributed by atoms with Crippen LogP contribution in [0.3, 0.4) is 0 Å². The van der Waals surface area contributed by atoms with Crippen molar-refractivity contribution in [1.29, 1.82) is 0 Å². The Hall–Kier alpha value is -3.69. The first-order valence-electron chi connectivity index (χ1n) is 9.91. The summed E-state index contributed by atoms with van der Waals surface area (Å²) in [5, 5.41) is 14.8. The molecule has 9 nitrogen and oxygen atoms in total. The number of hydrogen-bond donors (Lipinski definition) is 3. The Morgan fingerprint density at radius 2 is 1.65 bits per heavy atom. The highest BCUT2D eigenvalue weighted by molar-refractivity contribution is 6.40. The molecule has 0 bridgehead atoms. The van der Waals surface area contributed by atoms with Crippen molar-refractivity contribution in [3.8, 4) is 0 Å². The van der Waals surface area contributed by atoms with Crippen molar-refractivity contribution in [2.45, 2.75) is 26.3 Å². The van der Waals surface area contributed by atoms with Gasteiger partial charge < -0.3 is 20.2 Å². The van der Waals surface area contributed by atoms with E-state index in [0.29, 0.717) is 16.8 Å². The number of carbonyl (C=O) groups is 3. The second-order valence-electron chi connectivity index (χ2n) is 7.36. The number of hydrogen-bond acceptors (Lipinski definition) is 6. The van der Waals surface area contributed by atoms with Gasteiger partial charge in [0.25, 0.3) is 11.8 Å². The summed E-state index contributed by atoms with van der Waals surface area (Å²) in [6, 6.07) is 6.55. The highest BCUT2D eigenvalue weighted by Crippen LogP contribution is 2.25. The van der Waals surface area contributed by atoms with Crippen molar-refractivity contribution in [2.75, 3.05) is 5.32 Å². The van der Waals surface area contributed by atoms with E-state index in [1.807, 2.05) is 0 Å². The number of rotatable bonds is 7. The summed E-state index contributed by atoms with van der Waals surface area (Å²) in [4.78, 5) is 52.1. The standard InChI is InChI=1S/C23H19Cl2N3O6/c1-11-7-19(31)34-12(2)20(11)22(32)28-17(8-18(29)30)13-3-5-14(6-4-13)27-23(33)21-15(24)9-26-10-16(21)25/h3-7,9-10,17H,8H2,1-2H3,(H,27,33)(H,28,32)(H,29,30). The zero-order valence-corrected chi connectivity index (χ0v) is 19.5.